The van der Waals surface area contributed by atoms with Crippen molar-refractivity contribution in [1.82, 2.24) is 9.13 Å². The highest BCUT2D eigenvalue weighted by Gasteiger charge is 2.20. The van der Waals surface area contributed by atoms with Crippen molar-refractivity contribution in [1.29, 1.82) is 0 Å². The Morgan fingerprint density at radius 3 is 2.31 bits per heavy atom. The minimum atomic E-state index is -0.412. The first-order valence-corrected chi connectivity index (χ1v) is 12.9. The lowest BCUT2D eigenvalue weighted by atomic mass is 10.0. The molecule has 0 aliphatic rings. The number of aryl methyl sites for hydroxylation is 2. The van der Waals surface area contributed by atoms with Crippen LogP contribution < -0.4 is 15.7 Å². The lowest BCUT2D eigenvalue weighted by Gasteiger charge is -2.14. The van der Waals surface area contributed by atoms with Crippen LogP contribution in [0.1, 0.15) is 11.1 Å². The van der Waals surface area contributed by atoms with E-state index in [0.717, 1.165) is 16.7 Å². The molecule has 198 valence electrons. The van der Waals surface area contributed by atoms with Crippen molar-refractivity contribution in [2.75, 3.05) is 5.32 Å². The first kappa shape index (κ1) is 26.5. The van der Waals surface area contributed by atoms with Crippen LogP contribution in [0.15, 0.2) is 83.7 Å². The third-order valence-corrected chi connectivity index (χ3v) is 6.90. The molecule has 4 aromatic carbocycles. The maximum absolute atomic E-state index is 13.2. The molecule has 0 atom stereocenters. The second kappa shape index (κ2) is 11.0. The zero-order chi connectivity index (χ0) is 27.7. The SMILES string of the molecule is Cc1cc(-c2cc(Cl)c(OCc3ccccc3)c(Cl)c2)c2c(c1)n(CC(=O)Nc1ccc(F)cc1)c(=O)n2C. The van der Waals surface area contributed by atoms with Gasteiger partial charge in [0.1, 0.15) is 19.0 Å². The molecule has 0 unspecified atom stereocenters. The molecule has 1 amide bonds. The summed E-state index contributed by atoms with van der Waals surface area (Å²) in [6.45, 7) is 2.00. The Morgan fingerprint density at radius 2 is 1.64 bits per heavy atom. The lowest BCUT2D eigenvalue weighted by molar-refractivity contribution is -0.116. The molecule has 9 heteroatoms. The molecule has 0 spiro atoms. The number of imidazole rings is 1. The molecule has 0 bridgehead atoms. The molecule has 0 aliphatic heterocycles. The fourth-order valence-electron chi connectivity index (χ4n) is 4.53. The third kappa shape index (κ3) is 5.55. The summed E-state index contributed by atoms with van der Waals surface area (Å²) in [6, 6.07) is 22.4. The van der Waals surface area contributed by atoms with Gasteiger partial charge in [-0.1, -0.05) is 53.5 Å². The molecule has 1 heterocycles. The van der Waals surface area contributed by atoms with Crippen LogP contribution in [0.2, 0.25) is 10.0 Å². The number of ether oxygens (including phenoxy) is 1. The Labute approximate surface area is 234 Å². The molecule has 0 saturated carbocycles. The quantitative estimate of drug-likeness (QED) is 0.232. The highest BCUT2D eigenvalue weighted by atomic mass is 35.5. The number of carbonyl (C=O) groups excluding carboxylic acids is 1. The van der Waals surface area contributed by atoms with E-state index in [1.54, 1.807) is 19.2 Å². The number of fused-ring (bicyclic) bond motifs is 1. The maximum Gasteiger partial charge on any atom is 0.329 e. The zero-order valence-electron chi connectivity index (χ0n) is 21.2. The van der Waals surface area contributed by atoms with Gasteiger partial charge >= 0.3 is 5.69 Å². The molecule has 0 fully saturated rings. The molecule has 5 aromatic rings. The van der Waals surface area contributed by atoms with Gasteiger partial charge in [-0.25, -0.2) is 9.18 Å². The van der Waals surface area contributed by atoms with Crippen molar-refractivity contribution in [2.24, 2.45) is 7.05 Å². The standard InChI is InChI=1S/C30H24Cl2FN3O3/c1-18-12-23(20-14-24(31)29(25(32)15-20)39-17-19-6-4-3-5-7-19)28-26(13-18)36(30(38)35(28)2)16-27(37)34-22-10-8-21(33)9-11-22/h3-15H,16-17H2,1-2H3,(H,34,37). The molecular weight excluding hydrogens is 540 g/mol. The van der Waals surface area contributed by atoms with Crippen molar-refractivity contribution < 1.29 is 13.9 Å². The smallest absolute Gasteiger partial charge is 0.329 e. The minimum Gasteiger partial charge on any atom is -0.486 e. The first-order valence-electron chi connectivity index (χ1n) is 12.1. The van der Waals surface area contributed by atoms with Gasteiger partial charge in [0.15, 0.2) is 5.75 Å². The number of benzene rings is 4. The third-order valence-electron chi connectivity index (χ3n) is 6.34. The van der Waals surface area contributed by atoms with Gasteiger partial charge in [0.05, 0.1) is 21.1 Å². The minimum absolute atomic E-state index is 0.218. The van der Waals surface area contributed by atoms with E-state index in [1.165, 1.54) is 33.4 Å². The van der Waals surface area contributed by atoms with Crippen LogP contribution in [0.3, 0.4) is 0 Å². The number of hydrogen-bond donors (Lipinski definition) is 1. The molecule has 0 radical (unpaired) electrons. The number of amides is 1. The lowest BCUT2D eigenvalue weighted by Crippen LogP contribution is -2.28. The fourth-order valence-corrected chi connectivity index (χ4v) is 5.13. The predicted molar refractivity (Wildman–Crippen MR) is 153 cm³/mol. The summed E-state index contributed by atoms with van der Waals surface area (Å²) in [5.41, 5.74) is 4.60. The van der Waals surface area contributed by atoms with E-state index in [2.05, 4.69) is 5.32 Å². The monoisotopic (exact) mass is 563 g/mol. The molecule has 1 aromatic heterocycles. The van der Waals surface area contributed by atoms with E-state index in [4.69, 9.17) is 27.9 Å². The second-order valence-corrected chi connectivity index (χ2v) is 10.0. The summed E-state index contributed by atoms with van der Waals surface area (Å²) in [5, 5.41) is 3.38. The predicted octanol–water partition coefficient (Wildman–Crippen LogP) is 6.98. The van der Waals surface area contributed by atoms with Crippen LogP contribution in [0.5, 0.6) is 5.75 Å². The van der Waals surface area contributed by atoms with Crippen LogP contribution >= 0.6 is 23.2 Å². The highest BCUT2D eigenvalue weighted by Crippen LogP contribution is 2.40. The molecular formula is C30H24Cl2FN3O3. The van der Waals surface area contributed by atoms with Gasteiger partial charge in [0.25, 0.3) is 0 Å². The topological polar surface area (TPSA) is 65.3 Å². The number of carbonyl (C=O) groups is 1. The summed E-state index contributed by atoms with van der Waals surface area (Å²) in [5.74, 6) is -0.443. The summed E-state index contributed by atoms with van der Waals surface area (Å²) in [6.07, 6.45) is 0. The number of hydrogen-bond acceptors (Lipinski definition) is 3. The number of anilines is 1. The van der Waals surface area contributed by atoms with Crippen molar-refractivity contribution in [3.8, 4) is 16.9 Å². The van der Waals surface area contributed by atoms with Gasteiger partial charge in [0.2, 0.25) is 5.91 Å². The normalized spacial score (nSPS) is 11.1. The number of nitrogens with zero attached hydrogens (tertiary/aromatic N) is 2. The summed E-state index contributed by atoms with van der Waals surface area (Å²) < 4.78 is 22.0. The Balaban J connectivity index is 1.50. The second-order valence-electron chi connectivity index (χ2n) is 9.21. The Morgan fingerprint density at radius 1 is 0.974 bits per heavy atom. The van der Waals surface area contributed by atoms with E-state index >= 15 is 0 Å². The summed E-state index contributed by atoms with van der Waals surface area (Å²) in [4.78, 5) is 26.0. The van der Waals surface area contributed by atoms with E-state index < -0.39 is 11.7 Å². The van der Waals surface area contributed by atoms with Crippen molar-refractivity contribution in [3.63, 3.8) is 0 Å². The molecule has 1 N–H and O–H groups in total. The Kier molecular flexibility index (Phi) is 7.46. The van der Waals surface area contributed by atoms with Gasteiger partial charge in [-0.05, 0) is 72.1 Å². The zero-order valence-corrected chi connectivity index (χ0v) is 22.7. The van der Waals surface area contributed by atoms with Crippen molar-refractivity contribution in [3.05, 3.63) is 116 Å². The van der Waals surface area contributed by atoms with Crippen LogP contribution in [0.25, 0.3) is 22.2 Å². The number of aromatic nitrogens is 2. The van der Waals surface area contributed by atoms with Gasteiger partial charge in [-0.3, -0.25) is 13.9 Å². The van der Waals surface area contributed by atoms with Crippen molar-refractivity contribution >= 4 is 45.8 Å². The molecule has 0 saturated heterocycles. The molecule has 0 aliphatic carbocycles. The fraction of sp³-hybridized carbons (Fsp3) is 0.133. The number of rotatable bonds is 7. The van der Waals surface area contributed by atoms with Crippen LogP contribution in [0.4, 0.5) is 10.1 Å². The average molecular weight is 564 g/mol. The van der Waals surface area contributed by atoms with Gasteiger partial charge in [-0.2, -0.15) is 0 Å². The molecule has 6 nitrogen and oxygen atoms in total. The Hall–Kier alpha value is -4.07. The Bertz CT molecular complexity index is 1720. The van der Waals surface area contributed by atoms with Crippen molar-refractivity contribution in [2.45, 2.75) is 20.1 Å². The van der Waals surface area contributed by atoms with E-state index in [1.807, 2.05) is 49.4 Å². The summed E-state index contributed by atoms with van der Waals surface area (Å²) in [7, 11) is 1.65. The van der Waals surface area contributed by atoms with Crippen LogP contribution in [0, 0.1) is 12.7 Å². The van der Waals surface area contributed by atoms with E-state index in [0.29, 0.717) is 44.7 Å². The maximum atomic E-state index is 13.2. The molecule has 39 heavy (non-hydrogen) atoms. The van der Waals surface area contributed by atoms with Gasteiger partial charge in [-0.15, -0.1) is 0 Å². The van der Waals surface area contributed by atoms with Crippen LogP contribution in [-0.2, 0) is 25.0 Å². The first-order chi connectivity index (χ1) is 18.7. The summed E-state index contributed by atoms with van der Waals surface area (Å²) >= 11 is 13.2. The average Bonchev–Trinajstić information content (AvgIpc) is 3.14. The van der Waals surface area contributed by atoms with Gasteiger partial charge < -0.3 is 10.1 Å². The molecule has 5 rings (SSSR count). The van der Waals surface area contributed by atoms with E-state index in [-0.39, 0.29) is 12.2 Å². The number of nitrogens with one attached hydrogen (secondary N) is 1. The van der Waals surface area contributed by atoms with Gasteiger partial charge in [0, 0.05) is 18.3 Å². The van der Waals surface area contributed by atoms with E-state index in [9.17, 15) is 14.0 Å². The number of halogens is 3. The largest absolute Gasteiger partial charge is 0.486 e. The highest BCUT2D eigenvalue weighted by molar-refractivity contribution is 6.37. The van der Waals surface area contributed by atoms with Crippen LogP contribution in [-0.4, -0.2) is 15.0 Å².